The summed E-state index contributed by atoms with van der Waals surface area (Å²) in [6, 6.07) is 0. The number of allylic oxidation sites excluding steroid dienone is 2. The maximum Gasteiger partial charge on any atom is 0.155 e. The second kappa shape index (κ2) is 3.98. The molecule has 0 unspecified atom stereocenters. The maximum atomic E-state index is 10.9. The Balaban J connectivity index is 2.44. The largest absolute Gasteiger partial charge is 0.295 e. The SMILES string of the molecule is C#CCCC1=CC(=O)CCC1. The number of carbonyl (C=O) groups is 1. The van der Waals surface area contributed by atoms with E-state index in [1.54, 1.807) is 6.08 Å². The highest BCUT2D eigenvalue weighted by Gasteiger charge is 2.08. The molecule has 58 valence electrons. The van der Waals surface area contributed by atoms with Crippen LogP contribution in [-0.2, 0) is 4.79 Å². The molecule has 0 atom stereocenters. The predicted octanol–water partition coefficient (Wildman–Crippen LogP) is 2.08. The zero-order valence-electron chi connectivity index (χ0n) is 6.60. The molecule has 1 aliphatic carbocycles. The van der Waals surface area contributed by atoms with E-state index in [1.807, 2.05) is 0 Å². The molecule has 0 N–H and O–H groups in total. The molecule has 1 nitrogen and oxygen atoms in total. The van der Waals surface area contributed by atoms with E-state index in [4.69, 9.17) is 6.42 Å². The highest BCUT2D eigenvalue weighted by atomic mass is 16.1. The summed E-state index contributed by atoms with van der Waals surface area (Å²) in [6.07, 6.45) is 11.3. The van der Waals surface area contributed by atoms with Crippen molar-refractivity contribution in [2.45, 2.75) is 32.1 Å². The second-order valence-corrected chi connectivity index (χ2v) is 2.83. The van der Waals surface area contributed by atoms with Gasteiger partial charge in [-0.05, 0) is 25.3 Å². The van der Waals surface area contributed by atoms with Crippen LogP contribution in [0.25, 0.3) is 0 Å². The van der Waals surface area contributed by atoms with Crippen molar-refractivity contribution in [3.8, 4) is 12.3 Å². The van der Waals surface area contributed by atoms with Crippen molar-refractivity contribution in [2.75, 3.05) is 0 Å². The van der Waals surface area contributed by atoms with Gasteiger partial charge in [-0.15, -0.1) is 12.3 Å². The summed E-state index contributed by atoms with van der Waals surface area (Å²) in [5.41, 5.74) is 1.24. The average Bonchev–Trinajstić information content (AvgIpc) is 2.01. The lowest BCUT2D eigenvalue weighted by Crippen LogP contribution is -2.02. The summed E-state index contributed by atoms with van der Waals surface area (Å²) >= 11 is 0. The minimum Gasteiger partial charge on any atom is -0.295 e. The normalized spacial score (nSPS) is 17.4. The number of ketones is 1. The zero-order chi connectivity index (χ0) is 8.10. The number of hydrogen-bond donors (Lipinski definition) is 0. The summed E-state index contributed by atoms with van der Waals surface area (Å²) in [6.45, 7) is 0. The molecule has 1 aliphatic rings. The Bertz CT molecular complexity index is 218. The van der Waals surface area contributed by atoms with E-state index >= 15 is 0 Å². The van der Waals surface area contributed by atoms with Crippen molar-refractivity contribution >= 4 is 5.78 Å². The van der Waals surface area contributed by atoms with E-state index in [2.05, 4.69) is 5.92 Å². The van der Waals surface area contributed by atoms with Crippen LogP contribution < -0.4 is 0 Å². The average molecular weight is 148 g/mol. The molecule has 0 aromatic carbocycles. The van der Waals surface area contributed by atoms with Crippen LogP contribution >= 0.6 is 0 Å². The van der Waals surface area contributed by atoms with Gasteiger partial charge in [-0.3, -0.25) is 4.79 Å². The van der Waals surface area contributed by atoms with Crippen LogP contribution in [0.2, 0.25) is 0 Å². The van der Waals surface area contributed by atoms with Crippen LogP contribution in [-0.4, -0.2) is 5.78 Å². The lowest BCUT2D eigenvalue weighted by molar-refractivity contribution is -0.115. The van der Waals surface area contributed by atoms with Crippen LogP contribution in [0.5, 0.6) is 0 Å². The molecular formula is C10H12O. The standard InChI is InChI=1S/C10H12O/c1-2-3-5-9-6-4-7-10(11)8-9/h1,8H,3-7H2. The van der Waals surface area contributed by atoms with E-state index in [9.17, 15) is 4.79 Å². The van der Waals surface area contributed by atoms with Gasteiger partial charge in [-0.2, -0.15) is 0 Å². The number of terminal acetylenes is 1. The van der Waals surface area contributed by atoms with Gasteiger partial charge in [-0.1, -0.05) is 5.57 Å². The predicted molar refractivity (Wildman–Crippen MR) is 45.0 cm³/mol. The molecule has 0 amide bonds. The van der Waals surface area contributed by atoms with Gasteiger partial charge in [0, 0.05) is 12.8 Å². The summed E-state index contributed by atoms with van der Waals surface area (Å²) in [7, 11) is 0. The van der Waals surface area contributed by atoms with Crippen LogP contribution in [0.4, 0.5) is 0 Å². The first kappa shape index (κ1) is 8.07. The van der Waals surface area contributed by atoms with Crippen molar-refractivity contribution in [3.05, 3.63) is 11.6 Å². The van der Waals surface area contributed by atoms with Gasteiger partial charge in [-0.25, -0.2) is 0 Å². The van der Waals surface area contributed by atoms with Gasteiger partial charge < -0.3 is 0 Å². The van der Waals surface area contributed by atoms with Crippen LogP contribution in [0.15, 0.2) is 11.6 Å². The molecule has 0 aromatic rings. The topological polar surface area (TPSA) is 17.1 Å². The fraction of sp³-hybridized carbons (Fsp3) is 0.500. The Labute approximate surface area is 67.5 Å². The first-order chi connectivity index (χ1) is 5.33. The smallest absolute Gasteiger partial charge is 0.155 e. The molecule has 0 fully saturated rings. The van der Waals surface area contributed by atoms with Crippen molar-refractivity contribution in [1.82, 2.24) is 0 Å². The fourth-order valence-corrected chi connectivity index (χ4v) is 1.29. The minimum absolute atomic E-state index is 0.267. The highest BCUT2D eigenvalue weighted by Crippen LogP contribution is 2.18. The third-order valence-corrected chi connectivity index (χ3v) is 1.88. The molecular weight excluding hydrogens is 136 g/mol. The lowest BCUT2D eigenvalue weighted by atomic mass is 9.95. The zero-order valence-corrected chi connectivity index (χ0v) is 6.60. The molecule has 1 rings (SSSR count). The van der Waals surface area contributed by atoms with Crippen molar-refractivity contribution in [1.29, 1.82) is 0 Å². The molecule has 0 heterocycles. The van der Waals surface area contributed by atoms with E-state index < -0.39 is 0 Å². The van der Waals surface area contributed by atoms with Gasteiger partial charge >= 0.3 is 0 Å². The van der Waals surface area contributed by atoms with Crippen molar-refractivity contribution < 1.29 is 4.79 Å². The van der Waals surface area contributed by atoms with Crippen LogP contribution in [0.1, 0.15) is 32.1 Å². The van der Waals surface area contributed by atoms with E-state index in [0.29, 0.717) is 0 Å². The second-order valence-electron chi connectivity index (χ2n) is 2.83. The number of hydrogen-bond acceptors (Lipinski definition) is 1. The monoisotopic (exact) mass is 148 g/mol. The van der Waals surface area contributed by atoms with E-state index in [-0.39, 0.29) is 5.78 Å². The molecule has 0 aromatic heterocycles. The van der Waals surface area contributed by atoms with Crippen molar-refractivity contribution in [2.24, 2.45) is 0 Å². The minimum atomic E-state index is 0.267. The Kier molecular flexibility index (Phi) is 2.92. The number of carbonyl (C=O) groups excluding carboxylic acids is 1. The molecule has 11 heavy (non-hydrogen) atoms. The van der Waals surface area contributed by atoms with Gasteiger partial charge in [0.25, 0.3) is 0 Å². The molecule has 0 saturated heterocycles. The number of rotatable bonds is 2. The van der Waals surface area contributed by atoms with Gasteiger partial charge in [0.2, 0.25) is 0 Å². The summed E-state index contributed by atoms with van der Waals surface area (Å²) < 4.78 is 0. The maximum absolute atomic E-state index is 10.9. The third-order valence-electron chi connectivity index (χ3n) is 1.88. The first-order valence-electron chi connectivity index (χ1n) is 3.98. The Hall–Kier alpha value is -1.03. The quantitative estimate of drug-likeness (QED) is 0.548. The molecule has 1 heteroatoms. The summed E-state index contributed by atoms with van der Waals surface area (Å²) in [4.78, 5) is 10.9. The van der Waals surface area contributed by atoms with Crippen LogP contribution in [0.3, 0.4) is 0 Å². The van der Waals surface area contributed by atoms with E-state index in [1.165, 1.54) is 5.57 Å². The lowest BCUT2D eigenvalue weighted by Gasteiger charge is -2.09. The molecule has 0 saturated carbocycles. The summed E-state index contributed by atoms with van der Waals surface area (Å²) in [5.74, 6) is 2.84. The van der Waals surface area contributed by atoms with Crippen LogP contribution in [0, 0.1) is 12.3 Å². The highest BCUT2D eigenvalue weighted by molar-refractivity contribution is 5.91. The van der Waals surface area contributed by atoms with Crippen molar-refractivity contribution in [3.63, 3.8) is 0 Å². The third kappa shape index (κ3) is 2.59. The molecule has 0 aliphatic heterocycles. The molecule has 0 bridgehead atoms. The summed E-state index contributed by atoms with van der Waals surface area (Å²) in [5, 5.41) is 0. The Morgan fingerprint density at radius 1 is 1.55 bits per heavy atom. The first-order valence-corrected chi connectivity index (χ1v) is 3.98. The van der Waals surface area contributed by atoms with Gasteiger partial charge in [0.15, 0.2) is 5.78 Å². The fourth-order valence-electron chi connectivity index (χ4n) is 1.29. The van der Waals surface area contributed by atoms with Gasteiger partial charge in [0.1, 0.15) is 0 Å². The Morgan fingerprint density at radius 2 is 2.36 bits per heavy atom. The van der Waals surface area contributed by atoms with E-state index in [0.717, 1.165) is 32.1 Å². The Morgan fingerprint density at radius 3 is 3.00 bits per heavy atom. The molecule has 0 spiro atoms. The van der Waals surface area contributed by atoms with Gasteiger partial charge in [0.05, 0.1) is 0 Å². The molecule has 0 radical (unpaired) electrons.